The Bertz CT molecular complexity index is 592. The van der Waals surface area contributed by atoms with E-state index < -0.39 is 5.97 Å². The molecular formula is C13H13N3O3. The van der Waals surface area contributed by atoms with E-state index in [1.165, 1.54) is 10.9 Å². The number of nitrogens with zero attached hydrogens (tertiary/aromatic N) is 3. The van der Waals surface area contributed by atoms with Crippen LogP contribution in [-0.2, 0) is 4.74 Å². The zero-order chi connectivity index (χ0) is 13.7. The number of aldehydes is 1. The van der Waals surface area contributed by atoms with E-state index in [2.05, 4.69) is 10.3 Å². The Hall–Kier alpha value is -2.50. The highest BCUT2D eigenvalue weighted by Gasteiger charge is 2.10. The number of ether oxygens (including phenoxy) is 1. The van der Waals surface area contributed by atoms with Gasteiger partial charge in [0.1, 0.15) is 5.69 Å². The van der Waals surface area contributed by atoms with Gasteiger partial charge in [-0.2, -0.15) is 0 Å². The van der Waals surface area contributed by atoms with Crippen LogP contribution >= 0.6 is 0 Å². The highest BCUT2D eigenvalue weighted by molar-refractivity contribution is 5.90. The molecule has 0 aliphatic heterocycles. The fourth-order valence-corrected chi connectivity index (χ4v) is 1.57. The van der Waals surface area contributed by atoms with Crippen LogP contribution in [0.15, 0.2) is 30.5 Å². The van der Waals surface area contributed by atoms with Gasteiger partial charge in [0.2, 0.25) is 0 Å². The topological polar surface area (TPSA) is 74.1 Å². The summed E-state index contributed by atoms with van der Waals surface area (Å²) in [6.45, 7) is 2.31. The number of carbonyl (C=O) groups excluding carboxylic acids is 2. The normalized spacial score (nSPS) is 10.2. The third kappa shape index (κ3) is 2.85. The van der Waals surface area contributed by atoms with Crippen molar-refractivity contribution in [1.29, 1.82) is 0 Å². The van der Waals surface area contributed by atoms with Gasteiger partial charge in [-0.05, 0) is 24.6 Å². The molecule has 0 saturated heterocycles. The van der Waals surface area contributed by atoms with E-state index in [4.69, 9.17) is 4.74 Å². The Balaban J connectivity index is 2.29. The lowest BCUT2D eigenvalue weighted by atomic mass is 10.2. The Morgan fingerprint density at radius 3 is 3.05 bits per heavy atom. The predicted molar refractivity (Wildman–Crippen MR) is 67.3 cm³/mol. The van der Waals surface area contributed by atoms with E-state index in [0.717, 1.165) is 6.42 Å². The standard InChI is InChI=1S/C13H13N3O3/c1-2-6-19-13(18)10-4-3-5-11(7-10)16-12(9-17)8-14-15-16/h3-5,7-9H,2,6H2,1H3. The Morgan fingerprint density at radius 2 is 2.32 bits per heavy atom. The fraction of sp³-hybridized carbons (Fsp3) is 0.231. The first-order chi connectivity index (χ1) is 9.26. The summed E-state index contributed by atoms with van der Waals surface area (Å²) in [5.41, 5.74) is 1.32. The van der Waals surface area contributed by atoms with Crippen LogP contribution in [0.3, 0.4) is 0 Å². The summed E-state index contributed by atoms with van der Waals surface area (Å²) in [6.07, 6.45) is 2.78. The summed E-state index contributed by atoms with van der Waals surface area (Å²) in [7, 11) is 0. The summed E-state index contributed by atoms with van der Waals surface area (Å²) in [6, 6.07) is 6.70. The molecule has 0 amide bonds. The van der Waals surface area contributed by atoms with Gasteiger partial charge < -0.3 is 4.74 Å². The van der Waals surface area contributed by atoms with Gasteiger partial charge in [-0.15, -0.1) is 5.10 Å². The van der Waals surface area contributed by atoms with E-state index in [9.17, 15) is 9.59 Å². The highest BCUT2D eigenvalue weighted by Crippen LogP contribution is 2.12. The molecule has 0 bridgehead atoms. The van der Waals surface area contributed by atoms with Crippen LogP contribution in [0.4, 0.5) is 0 Å². The van der Waals surface area contributed by atoms with E-state index in [1.54, 1.807) is 24.3 Å². The van der Waals surface area contributed by atoms with Crippen molar-refractivity contribution >= 4 is 12.3 Å². The average molecular weight is 259 g/mol. The highest BCUT2D eigenvalue weighted by atomic mass is 16.5. The molecule has 0 saturated carbocycles. The second-order valence-corrected chi connectivity index (χ2v) is 3.87. The summed E-state index contributed by atoms with van der Waals surface area (Å²) in [5, 5.41) is 7.46. The minimum atomic E-state index is -0.392. The number of rotatable bonds is 5. The van der Waals surface area contributed by atoms with Crippen LogP contribution in [0, 0.1) is 0 Å². The summed E-state index contributed by atoms with van der Waals surface area (Å²) in [5.74, 6) is -0.392. The van der Waals surface area contributed by atoms with Crippen molar-refractivity contribution in [3.63, 3.8) is 0 Å². The van der Waals surface area contributed by atoms with Gasteiger partial charge in [0, 0.05) is 0 Å². The number of hydrogen-bond acceptors (Lipinski definition) is 5. The lowest BCUT2D eigenvalue weighted by Gasteiger charge is -2.06. The van der Waals surface area contributed by atoms with Crippen LogP contribution < -0.4 is 0 Å². The fourth-order valence-electron chi connectivity index (χ4n) is 1.57. The molecule has 6 nitrogen and oxygen atoms in total. The molecule has 0 aliphatic rings. The molecule has 0 N–H and O–H groups in total. The van der Waals surface area contributed by atoms with Gasteiger partial charge in [-0.25, -0.2) is 9.48 Å². The number of carbonyl (C=O) groups is 2. The van der Waals surface area contributed by atoms with Crippen molar-refractivity contribution in [2.75, 3.05) is 6.61 Å². The molecule has 0 aliphatic carbocycles. The number of benzene rings is 1. The van der Waals surface area contributed by atoms with Crippen molar-refractivity contribution in [2.24, 2.45) is 0 Å². The van der Waals surface area contributed by atoms with Crippen molar-refractivity contribution in [2.45, 2.75) is 13.3 Å². The van der Waals surface area contributed by atoms with Crippen LogP contribution in [-0.4, -0.2) is 33.9 Å². The third-order valence-corrected chi connectivity index (χ3v) is 2.46. The molecule has 0 atom stereocenters. The second kappa shape index (κ2) is 5.90. The monoisotopic (exact) mass is 259 g/mol. The number of hydrogen-bond donors (Lipinski definition) is 0. The van der Waals surface area contributed by atoms with Crippen LogP contribution in [0.5, 0.6) is 0 Å². The number of esters is 1. The minimum Gasteiger partial charge on any atom is -0.462 e. The first kappa shape index (κ1) is 12.9. The molecule has 0 radical (unpaired) electrons. The van der Waals surface area contributed by atoms with Gasteiger partial charge >= 0.3 is 5.97 Å². The second-order valence-electron chi connectivity index (χ2n) is 3.87. The molecule has 1 aromatic heterocycles. The molecule has 2 aromatic rings. The van der Waals surface area contributed by atoms with E-state index >= 15 is 0 Å². The molecule has 1 heterocycles. The maximum absolute atomic E-state index is 11.7. The lowest BCUT2D eigenvalue weighted by Crippen LogP contribution is -2.08. The van der Waals surface area contributed by atoms with Crippen molar-refractivity contribution < 1.29 is 14.3 Å². The molecule has 1 aromatic carbocycles. The van der Waals surface area contributed by atoms with Crippen molar-refractivity contribution in [3.8, 4) is 5.69 Å². The first-order valence-electron chi connectivity index (χ1n) is 5.89. The maximum Gasteiger partial charge on any atom is 0.338 e. The molecule has 98 valence electrons. The van der Waals surface area contributed by atoms with Crippen molar-refractivity contribution in [3.05, 3.63) is 41.7 Å². The molecule has 19 heavy (non-hydrogen) atoms. The van der Waals surface area contributed by atoms with E-state index in [-0.39, 0.29) is 0 Å². The average Bonchev–Trinajstić information content (AvgIpc) is 2.93. The van der Waals surface area contributed by atoms with Gasteiger partial charge in [-0.1, -0.05) is 18.2 Å². The molecule has 0 unspecified atom stereocenters. The van der Waals surface area contributed by atoms with Gasteiger partial charge in [-0.3, -0.25) is 4.79 Å². The molecular weight excluding hydrogens is 246 g/mol. The molecule has 2 rings (SSSR count). The largest absolute Gasteiger partial charge is 0.462 e. The van der Waals surface area contributed by atoms with Gasteiger partial charge in [0.15, 0.2) is 6.29 Å². The zero-order valence-corrected chi connectivity index (χ0v) is 10.4. The van der Waals surface area contributed by atoms with Crippen LogP contribution in [0.1, 0.15) is 34.2 Å². The number of aromatic nitrogens is 3. The SMILES string of the molecule is CCCOC(=O)c1cccc(-n2nncc2C=O)c1. The minimum absolute atomic E-state index is 0.319. The molecule has 0 fully saturated rings. The quantitative estimate of drug-likeness (QED) is 0.603. The van der Waals surface area contributed by atoms with Crippen molar-refractivity contribution in [1.82, 2.24) is 15.0 Å². The van der Waals surface area contributed by atoms with E-state index in [0.29, 0.717) is 29.8 Å². The Kier molecular flexibility index (Phi) is 4.02. The Labute approximate surface area is 110 Å². The van der Waals surface area contributed by atoms with Crippen LogP contribution in [0.2, 0.25) is 0 Å². The summed E-state index contributed by atoms with van der Waals surface area (Å²) < 4.78 is 6.42. The van der Waals surface area contributed by atoms with Crippen LogP contribution in [0.25, 0.3) is 5.69 Å². The Morgan fingerprint density at radius 1 is 1.47 bits per heavy atom. The molecule has 6 heteroatoms. The molecule has 0 spiro atoms. The third-order valence-electron chi connectivity index (χ3n) is 2.46. The van der Waals surface area contributed by atoms with Gasteiger partial charge in [0.05, 0.1) is 24.1 Å². The first-order valence-corrected chi connectivity index (χ1v) is 5.89. The predicted octanol–water partition coefficient (Wildman–Crippen LogP) is 1.65. The van der Waals surface area contributed by atoms with Gasteiger partial charge in [0.25, 0.3) is 0 Å². The summed E-state index contributed by atoms with van der Waals surface area (Å²) >= 11 is 0. The van der Waals surface area contributed by atoms with E-state index in [1.807, 2.05) is 6.92 Å². The zero-order valence-electron chi connectivity index (χ0n) is 10.4. The maximum atomic E-state index is 11.7. The smallest absolute Gasteiger partial charge is 0.338 e. The summed E-state index contributed by atoms with van der Waals surface area (Å²) in [4.78, 5) is 22.6. The lowest BCUT2D eigenvalue weighted by molar-refractivity contribution is 0.0505.